The summed E-state index contributed by atoms with van der Waals surface area (Å²) in [6.45, 7) is 1.92. The molecule has 0 aromatic heterocycles. The molecule has 0 aliphatic carbocycles. The number of sulfonamides is 1. The minimum Gasteiger partial charge on any atom is -0.493 e. The molecule has 0 atom stereocenters. The Morgan fingerprint density at radius 1 is 1.03 bits per heavy atom. The molecule has 0 spiro atoms. The minimum atomic E-state index is -3.72. The average Bonchev–Trinajstić information content (AvgIpc) is 2.76. The van der Waals surface area contributed by atoms with Crippen LogP contribution in [-0.2, 0) is 14.8 Å². The molecule has 1 amide bonds. The number of hydrogen-bond donors (Lipinski definition) is 1. The third kappa shape index (κ3) is 4.70. The normalized spacial score (nSPS) is 12.8. The van der Waals surface area contributed by atoms with E-state index in [0.717, 1.165) is 4.31 Å². The fraction of sp³-hybridized carbons (Fsp3) is 0.350. The molecule has 1 heterocycles. The molecule has 0 bridgehead atoms. The SMILES string of the molecule is CCS(=O)(=O)N(CC(=O)Nc1ccc(OC)c(OC)c1)c1ccc2c(c1)OCCO2. The maximum absolute atomic E-state index is 12.7. The lowest BCUT2D eigenvalue weighted by Crippen LogP contribution is -2.39. The topological polar surface area (TPSA) is 103 Å². The Labute approximate surface area is 175 Å². The van der Waals surface area contributed by atoms with Crippen molar-refractivity contribution in [2.75, 3.05) is 49.4 Å². The van der Waals surface area contributed by atoms with Gasteiger partial charge >= 0.3 is 0 Å². The van der Waals surface area contributed by atoms with Gasteiger partial charge in [0.2, 0.25) is 15.9 Å². The van der Waals surface area contributed by atoms with Crippen LogP contribution < -0.4 is 28.6 Å². The van der Waals surface area contributed by atoms with Gasteiger partial charge in [-0.05, 0) is 31.2 Å². The van der Waals surface area contributed by atoms with Crippen molar-refractivity contribution in [3.63, 3.8) is 0 Å². The molecule has 9 nitrogen and oxygen atoms in total. The second-order valence-corrected chi connectivity index (χ2v) is 8.54. The summed E-state index contributed by atoms with van der Waals surface area (Å²) in [6, 6.07) is 9.67. The first kappa shape index (κ1) is 21.6. The van der Waals surface area contributed by atoms with E-state index in [-0.39, 0.29) is 5.75 Å². The number of ether oxygens (including phenoxy) is 4. The zero-order chi connectivity index (χ0) is 21.7. The first-order valence-corrected chi connectivity index (χ1v) is 10.9. The monoisotopic (exact) mass is 436 g/mol. The molecule has 1 N–H and O–H groups in total. The fourth-order valence-corrected chi connectivity index (χ4v) is 4.00. The average molecular weight is 436 g/mol. The summed E-state index contributed by atoms with van der Waals surface area (Å²) in [5.41, 5.74) is 0.775. The quantitative estimate of drug-likeness (QED) is 0.677. The van der Waals surface area contributed by atoms with Gasteiger partial charge in [0.25, 0.3) is 0 Å². The lowest BCUT2D eigenvalue weighted by molar-refractivity contribution is -0.114. The third-order valence-electron chi connectivity index (χ3n) is 4.47. The van der Waals surface area contributed by atoms with Crippen molar-refractivity contribution >= 4 is 27.3 Å². The highest BCUT2D eigenvalue weighted by atomic mass is 32.2. The summed E-state index contributed by atoms with van der Waals surface area (Å²) in [7, 11) is -0.721. The van der Waals surface area contributed by atoms with Crippen molar-refractivity contribution in [2.24, 2.45) is 0 Å². The van der Waals surface area contributed by atoms with Gasteiger partial charge in [-0.15, -0.1) is 0 Å². The van der Waals surface area contributed by atoms with Gasteiger partial charge in [-0.25, -0.2) is 8.42 Å². The van der Waals surface area contributed by atoms with Crippen LogP contribution in [0.1, 0.15) is 6.92 Å². The van der Waals surface area contributed by atoms with Crippen LogP contribution >= 0.6 is 0 Å². The largest absolute Gasteiger partial charge is 0.493 e. The maximum Gasteiger partial charge on any atom is 0.245 e. The predicted molar refractivity (Wildman–Crippen MR) is 112 cm³/mol. The van der Waals surface area contributed by atoms with Gasteiger partial charge in [0, 0.05) is 17.8 Å². The highest BCUT2D eigenvalue weighted by Gasteiger charge is 2.25. The Morgan fingerprint density at radius 3 is 2.40 bits per heavy atom. The molecule has 0 fully saturated rings. The summed E-state index contributed by atoms with van der Waals surface area (Å²) in [5.74, 6) is 1.27. The predicted octanol–water partition coefficient (Wildman–Crippen LogP) is 2.27. The number of carbonyl (C=O) groups excluding carboxylic acids is 1. The molecular formula is C20H24N2O7S. The van der Waals surface area contributed by atoms with Crippen molar-refractivity contribution in [3.8, 4) is 23.0 Å². The van der Waals surface area contributed by atoms with Gasteiger partial charge in [-0.2, -0.15) is 0 Å². The van der Waals surface area contributed by atoms with Crippen molar-refractivity contribution in [1.82, 2.24) is 0 Å². The number of amides is 1. The summed E-state index contributed by atoms with van der Waals surface area (Å²) < 4.78 is 47.8. The molecule has 3 rings (SSSR count). The fourth-order valence-electron chi connectivity index (χ4n) is 2.94. The Kier molecular flexibility index (Phi) is 6.56. The standard InChI is InChI=1S/C20H24N2O7S/c1-4-30(24,25)22(15-6-8-17-19(12-15)29-10-9-28-17)13-20(23)21-14-5-7-16(26-2)18(11-14)27-3/h5-8,11-12H,4,9-10,13H2,1-3H3,(H,21,23). The van der Waals surface area contributed by atoms with Gasteiger partial charge in [0.1, 0.15) is 19.8 Å². The summed E-state index contributed by atoms with van der Waals surface area (Å²) in [5, 5.41) is 2.69. The van der Waals surface area contributed by atoms with E-state index in [1.165, 1.54) is 21.1 Å². The number of benzene rings is 2. The van der Waals surface area contributed by atoms with E-state index >= 15 is 0 Å². The molecule has 30 heavy (non-hydrogen) atoms. The first-order valence-electron chi connectivity index (χ1n) is 9.30. The van der Waals surface area contributed by atoms with E-state index in [9.17, 15) is 13.2 Å². The van der Waals surface area contributed by atoms with Crippen LogP contribution in [0.25, 0.3) is 0 Å². The number of nitrogens with zero attached hydrogens (tertiary/aromatic N) is 1. The van der Waals surface area contributed by atoms with Gasteiger partial charge in [-0.3, -0.25) is 9.10 Å². The second kappa shape index (κ2) is 9.12. The van der Waals surface area contributed by atoms with Crippen molar-refractivity contribution < 1.29 is 32.2 Å². The number of rotatable bonds is 8. The second-order valence-electron chi connectivity index (χ2n) is 6.35. The van der Waals surface area contributed by atoms with Crippen molar-refractivity contribution in [3.05, 3.63) is 36.4 Å². The molecular weight excluding hydrogens is 412 g/mol. The first-order chi connectivity index (χ1) is 14.4. The molecule has 0 unspecified atom stereocenters. The summed E-state index contributed by atoms with van der Waals surface area (Å²) >= 11 is 0. The van der Waals surface area contributed by atoms with Crippen LogP contribution in [-0.4, -0.2) is 54.1 Å². The van der Waals surface area contributed by atoms with Gasteiger partial charge in [-0.1, -0.05) is 0 Å². The highest BCUT2D eigenvalue weighted by molar-refractivity contribution is 7.92. The molecule has 10 heteroatoms. The number of anilines is 2. The van der Waals surface area contributed by atoms with E-state index in [0.29, 0.717) is 47.6 Å². The van der Waals surface area contributed by atoms with Crippen molar-refractivity contribution in [2.45, 2.75) is 6.92 Å². The molecule has 0 radical (unpaired) electrons. The van der Waals surface area contributed by atoms with Gasteiger partial charge < -0.3 is 24.3 Å². The van der Waals surface area contributed by atoms with Crippen LogP contribution in [0.3, 0.4) is 0 Å². The molecule has 1 aliphatic rings. The van der Waals surface area contributed by atoms with Crippen LogP contribution in [0.5, 0.6) is 23.0 Å². The molecule has 0 saturated carbocycles. The molecule has 1 aliphatic heterocycles. The summed E-state index contributed by atoms with van der Waals surface area (Å²) in [4.78, 5) is 12.7. The maximum atomic E-state index is 12.7. The number of fused-ring (bicyclic) bond motifs is 1. The number of hydrogen-bond acceptors (Lipinski definition) is 7. The van der Waals surface area contributed by atoms with E-state index in [1.54, 1.807) is 36.4 Å². The van der Waals surface area contributed by atoms with E-state index < -0.39 is 22.5 Å². The Bertz CT molecular complexity index is 1020. The summed E-state index contributed by atoms with van der Waals surface area (Å²) in [6.07, 6.45) is 0. The van der Waals surface area contributed by atoms with Crippen LogP contribution in [0.2, 0.25) is 0 Å². The lowest BCUT2D eigenvalue weighted by atomic mass is 10.2. The zero-order valence-electron chi connectivity index (χ0n) is 17.0. The number of carbonyl (C=O) groups is 1. The van der Waals surface area contributed by atoms with Crippen LogP contribution in [0.15, 0.2) is 36.4 Å². The van der Waals surface area contributed by atoms with Crippen molar-refractivity contribution in [1.29, 1.82) is 0 Å². The Morgan fingerprint density at radius 2 is 1.73 bits per heavy atom. The molecule has 162 valence electrons. The molecule has 2 aromatic carbocycles. The third-order valence-corrected chi connectivity index (χ3v) is 6.21. The minimum absolute atomic E-state index is 0.162. The molecule has 0 saturated heterocycles. The number of methoxy groups -OCH3 is 2. The van der Waals surface area contributed by atoms with E-state index in [2.05, 4.69) is 5.32 Å². The van der Waals surface area contributed by atoms with Gasteiger partial charge in [0.05, 0.1) is 25.7 Å². The van der Waals surface area contributed by atoms with Crippen LogP contribution in [0.4, 0.5) is 11.4 Å². The van der Waals surface area contributed by atoms with E-state index in [1.807, 2.05) is 0 Å². The highest BCUT2D eigenvalue weighted by Crippen LogP contribution is 2.35. The Hall–Kier alpha value is -3.14. The number of nitrogens with one attached hydrogen (secondary N) is 1. The van der Waals surface area contributed by atoms with E-state index in [4.69, 9.17) is 18.9 Å². The van der Waals surface area contributed by atoms with Gasteiger partial charge in [0.15, 0.2) is 23.0 Å². The lowest BCUT2D eigenvalue weighted by Gasteiger charge is -2.25. The Balaban J connectivity index is 1.83. The smallest absolute Gasteiger partial charge is 0.245 e. The van der Waals surface area contributed by atoms with Crippen LogP contribution in [0, 0.1) is 0 Å². The molecule has 2 aromatic rings. The zero-order valence-corrected chi connectivity index (χ0v) is 17.8.